The van der Waals surface area contributed by atoms with Crippen molar-refractivity contribution in [2.45, 2.75) is 18.9 Å². The van der Waals surface area contributed by atoms with E-state index in [9.17, 15) is 9.59 Å². The zero-order valence-electron chi connectivity index (χ0n) is 14.9. The molecule has 0 aliphatic carbocycles. The van der Waals surface area contributed by atoms with Crippen molar-refractivity contribution < 1.29 is 14.3 Å². The van der Waals surface area contributed by atoms with Crippen molar-refractivity contribution in [1.82, 2.24) is 4.90 Å². The third-order valence-corrected chi connectivity index (χ3v) is 5.22. The molecule has 4 rings (SSSR count). The van der Waals surface area contributed by atoms with E-state index in [-0.39, 0.29) is 5.91 Å². The summed E-state index contributed by atoms with van der Waals surface area (Å²) in [6.45, 7) is 4.53. The number of rotatable bonds is 2. The Labute approximate surface area is 153 Å². The van der Waals surface area contributed by atoms with Crippen molar-refractivity contribution in [2.24, 2.45) is 0 Å². The molecule has 2 aliphatic heterocycles. The molecule has 0 radical (unpaired) electrons. The van der Waals surface area contributed by atoms with Gasteiger partial charge in [0.05, 0.1) is 5.56 Å². The van der Waals surface area contributed by atoms with E-state index in [4.69, 9.17) is 4.74 Å². The standard InChI is InChI=1S/C21H22N2O3/c1-21(15-16-7-5-6-10-18(16)19(24)26-21)20(25)23-13-11-22(12-14-23)17-8-3-2-4-9-17/h2-10H,11-15H2,1H3/t21-/m1/s1. The molecule has 0 spiro atoms. The lowest BCUT2D eigenvalue weighted by molar-refractivity contribution is -0.151. The molecule has 2 aromatic carbocycles. The second-order valence-corrected chi connectivity index (χ2v) is 7.07. The monoisotopic (exact) mass is 350 g/mol. The molecule has 0 N–H and O–H groups in total. The van der Waals surface area contributed by atoms with E-state index < -0.39 is 11.6 Å². The SMILES string of the molecule is C[C@]1(C(=O)N2CCN(c3ccccc3)CC2)Cc2ccccc2C(=O)O1. The summed E-state index contributed by atoms with van der Waals surface area (Å²) in [5, 5.41) is 0. The predicted octanol–water partition coefficient (Wildman–Crippen LogP) is 2.51. The van der Waals surface area contributed by atoms with E-state index in [1.165, 1.54) is 5.69 Å². The molecule has 26 heavy (non-hydrogen) atoms. The first-order chi connectivity index (χ1) is 12.6. The van der Waals surface area contributed by atoms with Crippen LogP contribution in [0.4, 0.5) is 5.69 Å². The number of carbonyl (C=O) groups excluding carboxylic acids is 2. The van der Waals surface area contributed by atoms with E-state index in [0.717, 1.165) is 18.7 Å². The van der Waals surface area contributed by atoms with E-state index >= 15 is 0 Å². The van der Waals surface area contributed by atoms with E-state index in [1.54, 1.807) is 13.0 Å². The summed E-state index contributed by atoms with van der Waals surface area (Å²) in [5.74, 6) is -0.515. The highest BCUT2D eigenvalue weighted by Gasteiger charge is 2.45. The highest BCUT2D eigenvalue weighted by Crippen LogP contribution is 2.30. The van der Waals surface area contributed by atoms with Gasteiger partial charge in [0.25, 0.3) is 5.91 Å². The maximum atomic E-state index is 13.1. The summed E-state index contributed by atoms with van der Waals surface area (Å²) in [4.78, 5) is 29.5. The zero-order valence-corrected chi connectivity index (χ0v) is 14.9. The van der Waals surface area contributed by atoms with Gasteiger partial charge in [-0.1, -0.05) is 36.4 Å². The lowest BCUT2D eigenvalue weighted by Gasteiger charge is -2.41. The Hall–Kier alpha value is -2.82. The number of cyclic esters (lactones) is 1. The second kappa shape index (κ2) is 6.48. The van der Waals surface area contributed by atoms with Crippen LogP contribution >= 0.6 is 0 Å². The van der Waals surface area contributed by atoms with Crippen LogP contribution < -0.4 is 4.90 Å². The average molecular weight is 350 g/mol. The van der Waals surface area contributed by atoms with Crippen molar-refractivity contribution >= 4 is 17.6 Å². The van der Waals surface area contributed by atoms with Crippen LogP contribution in [0.25, 0.3) is 0 Å². The Morgan fingerprint density at radius 3 is 2.35 bits per heavy atom. The summed E-state index contributed by atoms with van der Waals surface area (Å²) < 4.78 is 5.58. The van der Waals surface area contributed by atoms with Crippen molar-refractivity contribution in [3.05, 3.63) is 65.7 Å². The molecule has 5 heteroatoms. The molecule has 2 aliphatic rings. The van der Waals surface area contributed by atoms with Crippen molar-refractivity contribution in [3.8, 4) is 0 Å². The molecule has 1 fully saturated rings. The van der Waals surface area contributed by atoms with Crippen LogP contribution in [0.3, 0.4) is 0 Å². The summed E-state index contributed by atoms with van der Waals surface area (Å²) >= 11 is 0. The maximum Gasteiger partial charge on any atom is 0.339 e. The van der Waals surface area contributed by atoms with Crippen LogP contribution in [0, 0.1) is 0 Å². The molecule has 1 saturated heterocycles. The van der Waals surface area contributed by atoms with Gasteiger partial charge in [-0.05, 0) is 30.7 Å². The molecule has 0 bridgehead atoms. The van der Waals surface area contributed by atoms with Crippen LogP contribution in [0.2, 0.25) is 0 Å². The number of benzene rings is 2. The smallest absolute Gasteiger partial charge is 0.339 e. The molecule has 2 aromatic rings. The van der Waals surface area contributed by atoms with Crippen LogP contribution in [0.5, 0.6) is 0 Å². The molecule has 5 nitrogen and oxygen atoms in total. The number of amides is 1. The fourth-order valence-electron chi connectivity index (χ4n) is 3.79. The maximum absolute atomic E-state index is 13.1. The van der Waals surface area contributed by atoms with Gasteiger partial charge in [0.2, 0.25) is 0 Å². The van der Waals surface area contributed by atoms with Gasteiger partial charge in [-0.3, -0.25) is 4.79 Å². The highest BCUT2D eigenvalue weighted by atomic mass is 16.6. The first-order valence-corrected chi connectivity index (χ1v) is 8.97. The van der Waals surface area contributed by atoms with Crippen molar-refractivity contribution in [3.63, 3.8) is 0 Å². The van der Waals surface area contributed by atoms with Gasteiger partial charge < -0.3 is 14.5 Å². The van der Waals surface area contributed by atoms with Gasteiger partial charge >= 0.3 is 5.97 Å². The van der Waals surface area contributed by atoms with Crippen LogP contribution in [-0.4, -0.2) is 48.6 Å². The third kappa shape index (κ3) is 2.94. The molecular weight excluding hydrogens is 328 g/mol. The summed E-state index contributed by atoms with van der Waals surface area (Å²) in [5.41, 5.74) is 1.48. The van der Waals surface area contributed by atoms with Gasteiger partial charge in [-0.2, -0.15) is 0 Å². The van der Waals surface area contributed by atoms with E-state index in [2.05, 4.69) is 17.0 Å². The Kier molecular flexibility index (Phi) is 4.15. The van der Waals surface area contributed by atoms with E-state index in [1.807, 2.05) is 41.3 Å². The number of fused-ring (bicyclic) bond motifs is 1. The Bertz CT molecular complexity index is 828. The summed E-state index contributed by atoms with van der Waals surface area (Å²) in [6.07, 6.45) is 0.423. The molecular formula is C21H22N2O3. The Balaban J connectivity index is 1.46. The average Bonchev–Trinajstić information content (AvgIpc) is 2.68. The van der Waals surface area contributed by atoms with Gasteiger partial charge in [0.1, 0.15) is 0 Å². The fourth-order valence-corrected chi connectivity index (χ4v) is 3.79. The first-order valence-electron chi connectivity index (χ1n) is 8.97. The number of hydrogen-bond donors (Lipinski definition) is 0. The summed E-state index contributed by atoms with van der Waals surface area (Å²) in [7, 11) is 0. The van der Waals surface area contributed by atoms with E-state index in [0.29, 0.717) is 25.1 Å². The van der Waals surface area contributed by atoms with Gasteiger partial charge in [-0.15, -0.1) is 0 Å². The first kappa shape index (κ1) is 16.6. The largest absolute Gasteiger partial charge is 0.445 e. The number of ether oxygens (including phenoxy) is 1. The molecule has 0 saturated carbocycles. The normalized spacial score (nSPS) is 22.6. The number of hydrogen-bond acceptors (Lipinski definition) is 4. The number of anilines is 1. The molecule has 1 amide bonds. The van der Waals surface area contributed by atoms with Crippen LogP contribution in [0.1, 0.15) is 22.8 Å². The minimum absolute atomic E-state index is 0.104. The topological polar surface area (TPSA) is 49.9 Å². The van der Waals surface area contributed by atoms with Crippen molar-refractivity contribution in [1.29, 1.82) is 0 Å². The van der Waals surface area contributed by atoms with Crippen molar-refractivity contribution in [2.75, 3.05) is 31.1 Å². The lowest BCUT2D eigenvalue weighted by Crippen LogP contribution is -2.58. The number of piperazine rings is 1. The zero-order chi connectivity index (χ0) is 18.1. The highest BCUT2D eigenvalue weighted by molar-refractivity contribution is 5.97. The number of carbonyl (C=O) groups is 2. The predicted molar refractivity (Wildman–Crippen MR) is 99.2 cm³/mol. The fraction of sp³-hybridized carbons (Fsp3) is 0.333. The number of esters is 1. The molecule has 0 aromatic heterocycles. The van der Waals surface area contributed by atoms with Gasteiger partial charge in [-0.25, -0.2) is 4.79 Å². The molecule has 0 unspecified atom stereocenters. The lowest BCUT2D eigenvalue weighted by atomic mass is 9.88. The van der Waals surface area contributed by atoms with Gasteiger partial charge in [0, 0.05) is 38.3 Å². The number of para-hydroxylation sites is 1. The van der Waals surface area contributed by atoms with Gasteiger partial charge in [0.15, 0.2) is 5.60 Å². The molecule has 2 heterocycles. The quantitative estimate of drug-likeness (QED) is 0.781. The minimum Gasteiger partial charge on any atom is -0.445 e. The molecule has 1 atom stereocenters. The summed E-state index contributed by atoms with van der Waals surface area (Å²) in [6, 6.07) is 17.6. The Morgan fingerprint density at radius 2 is 1.62 bits per heavy atom. The Morgan fingerprint density at radius 1 is 0.962 bits per heavy atom. The number of nitrogens with zero attached hydrogens (tertiary/aromatic N) is 2. The van der Waals surface area contributed by atoms with Crippen LogP contribution in [-0.2, 0) is 16.0 Å². The minimum atomic E-state index is -1.12. The van der Waals surface area contributed by atoms with Crippen LogP contribution in [0.15, 0.2) is 54.6 Å². The third-order valence-electron chi connectivity index (χ3n) is 5.22. The molecule has 134 valence electrons. The second-order valence-electron chi connectivity index (χ2n) is 7.07.